The molecule has 2 heteroatoms. The Hall–Kier alpha value is -0.820. The lowest BCUT2D eigenvalue weighted by Gasteiger charge is -2.07. The summed E-state index contributed by atoms with van der Waals surface area (Å²) in [6.45, 7) is 0. The van der Waals surface area contributed by atoms with Gasteiger partial charge < -0.3 is 0 Å². The van der Waals surface area contributed by atoms with Gasteiger partial charge in [-0.2, -0.15) is 0 Å². The van der Waals surface area contributed by atoms with E-state index >= 15 is 0 Å². The van der Waals surface area contributed by atoms with E-state index in [1.165, 1.54) is 25.7 Å². The van der Waals surface area contributed by atoms with Crippen LogP contribution < -0.4 is 0 Å². The highest BCUT2D eigenvalue weighted by atomic mass is 35.5. The maximum atomic E-state index is 12.2. The van der Waals surface area contributed by atoms with E-state index in [9.17, 15) is 4.79 Å². The molecule has 2 aliphatic carbocycles. The van der Waals surface area contributed by atoms with Crippen molar-refractivity contribution in [3.8, 4) is 0 Å². The third-order valence-corrected chi connectivity index (χ3v) is 4.49. The molecule has 1 aromatic rings. The first-order chi connectivity index (χ1) is 7.71. The highest BCUT2D eigenvalue weighted by molar-refractivity contribution is 6.30. The van der Waals surface area contributed by atoms with Crippen LogP contribution in [0.2, 0.25) is 5.02 Å². The van der Waals surface area contributed by atoms with Crippen LogP contribution in [-0.4, -0.2) is 5.78 Å². The van der Waals surface area contributed by atoms with Crippen LogP contribution in [0, 0.1) is 11.3 Å². The zero-order valence-electron chi connectivity index (χ0n) is 9.21. The van der Waals surface area contributed by atoms with E-state index in [0.717, 1.165) is 12.0 Å². The van der Waals surface area contributed by atoms with Crippen molar-refractivity contribution in [3.63, 3.8) is 0 Å². The minimum absolute atomic E-state index is 0.302. The Balaban J connectivity index is 1.77. The summed E-state index contributed by atoms with van der Waals surface area (Å²) < 4.78 is 0. The van der Waals surface area contributed by atoms with Crippen molar-refractivity contribution in [2.24, 2.45) is 11.3 Å². The maximum Gasteiger partial charge on any atom is 0.166 e. The van der Waals surface area contributed by atoms with E-state index in [1.54, 1.807) is 12.1 Å². The Kier molecular flexibility index (Phi) is 2.32. The Morgan fingerprint density at radius 2 is 1.81 bits per heavy atom. The number of hydrogen-bond donors (Lipinski definition) is 0. The Bertz CT molecular complexity index is 415. The molecule has 2 fully saturated rings. The van der Waals surface area contributed by atoms with Crippen LogP contribution >= 0.6 is 11.6 Å². The number of Topliss-reactive ketones (excluding diaryl/α,β-unsaturated/α-hetero) is 1. The number of hydrogen-bond acceptors (Lipinski definition) is 1. The molecule has 1 nitrogen and oxygen atoms in total. The van der Waals surface area contributed by atoms with Crippen LogP contribution in [0.15, 0.2) is 24.3 Å². The molecule has 2 aliphatic rings. The fourth-order valence-corrected chi connectivity index (χ4v) is 3.29. The van der Waals surface area contributed by atoms with Gasteiger partial charge in [0, 0.05) is 16.5 Å². The SMILES string of the molecule is O=C(c1ccc(Cl)cc1)[C@H]1CC12CCCC2. The van der Waals surface area contributed by atoms with Gasteiger partial charge >= 0.3 is 0 Å². The van der Waals surface area contributed by atoms with E-state index in [1.807, 2.05) is 12.1 Å². The average Bonchev–Trinajstić information content (AvgIpc) is 2.77. The highest BCUT2D eigenvalue weighted by Crippen LogP contribution is 2.63. The second-order valence-corrected chi connectivity index (χ2v) is 5.63. The van der Waals surface area contributed by atoms with Crippen LogP contribution in [-0.2, 0) is 0 Å². The summed E-state index contributed by atoms with van der Waals surface area (Å²) in [4.78, 5) is 12.2. The summed E-state index contributed by atoms with van der Waals surface area (Å²) in [5, 5.41) is 0.697. The smallest absolute Gasteiger partial charge is 0.166 e. The summed E-state index contributed by atoms with van der Waals surface area (Å²) in [5.41, 5.74) is 1.23. The summed E-state index contributed by atoms with van der Waals surface area (Å²) in [6, 6.07) is 7.31. The molecule has 0 heterocycles. The fourth-order valence-electron chi connectivity index (χ4n) is 3.17. The largest absolute Gasteiger partial charge is 0.294 e. The van der Waals surface area contributed by atoms with Gasteiger partial charge in [-0.15, -0.1) is 0 Å². The third kappa shape index (κ3) is 1.58. The molecular formula is C14H15ClO. The highest BCUT2D eigenvalue weighted by Gasteiger charge is 2.58. The fraction of sp³-hybridized carbons (Fsp3) is 0.500. The minimum atomic E-state index is 0.302. The molecule has 0 radical (unpaired) electrons. The molecule has 0 aliphatic heterocycles. The first-order valence-corrected chi connectivity index (χ1v) is 6.39. The van der Waals surface area contributed by atoms with Crippen LogP contribution in [0.4, 0.5) is 0 Å². The van der Waals surface area contributed by atoms with Gasteiger partial charge in [-0.25, -0.2) is 0 Å². The van der Waals surface area contributed by atoms with Crippen LogP contribution in [0.3, 0.4) is 0 Å². The molecule has 0 unspecified atom stereocenters. The molecule has 3 rings (SSSR count). The van der Waals surface area contributed by atoms with E-state index < -0.39 is 0 Å². The monoisotopic (exact) mass is 234 g/mol. The Labute approximate surface area is 101 Å². The maximum absolute atomic E-state index is 12.2. The molecule has 84 valence electrons. The first kappa shape index (κ1) is 10.3. The van der Waals surface area contributed by atoms with Gasteiger partial charge in [-0.3, -0.25) is 4.79 Å². The van der Waals surface area contributed by atoms with Gasteiger partial charge in [-0.05, 0) is 48.9 Å². The summed E-state index contributed by atoms with van der Waals surface area (Å²) in [6.07, 6.45) is 6.26. The molecule has 0 saturated heterocycles. The quantitative estimate of drug-likeness (QED) is 0.704. The average molecular weight is 235 g/mol. The predicted molar refractivity (Wildman–Crippen MR) is 64.8 cm³/mol. The normalized spacial score (nSPS) is 25.9. The molecule has 1 atom stereocenters. The lowest BCUT2D eigenvalue weighted by atomic mass is 9.97. The van der Waals surface area contributed by atoms with Gasteiger partial charge in [0.2, 0.25) is 0 Å². The van der Waals surface area contributed by atoms with Gasteiger partial charge in [-0.1, -0.05) is 24.4 Å². The Morgan fingerprint density at radius 3 is 2.44 bits per heavy atom. The minimum Gasteiger partial charge on any atom is -0.294 e. The van der Waals surface area contributed by atoms with Crippen molar-refractivity contribution in [1.82, 2.24) is 0 Å². The van der Waals surface area contributed by atoms with Gasteiger partial charge in [0.15, 0.2) is 5.78 Å². The number of carbonyl (C=O) groups is 1. The molecule has 0 N–H and O–H groups in total. The van der Waals surface area contributed by atoms with Crippen molar-refractivity contribution in [2.45, 2.75) is 32.1 Å². The molecule has 0 amide bonds. The van der Waals surface area contributed by atoms with Crippen molar-refractivity contribution in [3.05, 3.63) is 34.9 Å². The molecular weight excluding hydrogens is 220 g/mol. The second kappa shape index (κ2) is 3.59. The van der Waals surface area contributed by atoms with Crippen LogP contribution in [0.5, 0.6) is 0 Å². The van der Waals surface area contributed by atoms with E-state index in [4.69, 9.17) is 11.6 Å². The van der Waals surface area contributed by atoms with Crippen LogP contribution in [0.1, 0.15) is 42.5 Å². The lowest BCUT2D eigenvalue weighted by Crippen LogP contribution is -2.08. The Morgan fingerprint density at radius 1 is 1.19 bits per heavy atom. The number of carbonyl (C=O) groups excluding carboxylic acids is 1. The molecule has 1 spiro atoms. The second-order valence-electron chi connectivity index (χ2n) is 5.20. The molecule has 0 aromatic heterocycles. The van der Waals surface area contributed by atoms with Gasteiger partial charge in [0.25, 0.3) is 0 Å². The van der Waals surface area contributed by atoms with Crippen molar-refractivity contribution in [1.29, 1.82) is 0 Å². The van der Waals surface area contributed by atoms with Gasteiger partial charge in [0.1, 0.15) is 0 Å². The zero-order valence-corrected chi connectivity index (χ0v) is 9.96. The summed E-state index contributed by atoms with van der Waals surface area (Å²) in [5.74, 6) is 0.634. The summed E-state index contributed by atoms with van der Waals surface area (Å²) >= 11 is 5.82. The first-order valence-electron chi connectivity index (χ1n) is 6.01. The van der Waals surface area contributed by atoms with Crippen molar-refractivity contribution in [2.75, 3.05) is 0 Å². The molecule has 0 bridgehead atoms. The summed E-state index contributed by atoms with van der Waals surface area (Å²) in [7, 11) is 0. The number of halogens is 1. The van der Waals surface area contributed by atoms with Crippen molar-refractivity contribution < 1.29 is 4.79 Å². The lowest BCUT2D eigenvalue weighted by molar-refractivity contribution is 0.0949. The predicted octanol–water partition coefficient (Wildman–Crippen LogP) is 4.10. The topological polar surface area (TPSA) is 17.1 Å². The van der Waals surface area contributed by atoms with E-state index in [0.29, 0.717) is 22.1 Å². The van der Waals surface area contributed by atoms with Gasteiger partial charge in [0.05, 0.1) is 0 Å². The van der Waals surface area contributed by atoms with Crippen LogP contribution in [0.25, 0.3) is 0 Å². The molecule has 16 heavy (non-hydrogen) atoms. The standard InChI is InChI=1S/C14H15ClO/c15-11-5-3-10(4-6-11)13(16)12-9-14(12)7-1-2-8-14/h3-6,12H,1-2,7-9H2/t12-/m1/s1. The van der Waals surface area contributed by atoms with E-state index in [-0.39, 0.29) is 0 Å². The number of benzene rings is 1. The zero-order chi connectivity index (χ0) is 11.2. The third-order valence-electron chi connectivity index (χ3n) is 4.23. The number of ketones is 1. The van der Waals surface area contributed by atoms with Crippen molar-refractivity contribution >= 4 is 17.4 Å². The number of rotatable bonds is 2. The molecule has 2 saturated carbocycles. The molecule has 1 aromatic carbocycles. The van der Waals surface area contributed by atoms with E-state index in [2.05, 4.69) is 0 Å².